The van der Waals surface area contributed by atoms with E-state index in [1.807, 2.05) is 0 Å². The maximum Gasteiger partial charge on any atom is 0.306 e. The summed E-state index contributed by atoms with van der Waals surface area (Å²) in [5.74, 6) is -0.247. The van der Waals surface area contributed by atoms with Crippen molar-refractivity contribution in [2.24, 2.45) is 17.3 Å². The second-order valence-corrected chi connectivity index (χ2v) is 5.74. The third kappa shape index (κ3) is 3.51. The summed E-state index contributed by atoms with van der Waals surface area (Å²) in [6.07, 6.45) is 6.40. The number of carboxylic acid groups (broad SMARTS) is 1. The second-order valence-electron chi connectivity index (χ2n) is 5.74. The summed E-state index contributed by atoms with van der Waals surface area (Å²) in [7, 11) is 0. The Labute approximate surface area is 93.1 Å². The van der Waals surface area contributed by atoms with Crippen molar-refractivity contribution in [2.75, 3.05) is 0 Å². The second kappa shape index (κ2) is 5.00. The SMILES string of the molecule is CCCC(C(=O)O)C1CCC(C)(C)CC1. The molecule has 2 nitrogen and oxygen atoms in total. The van der Waals surface area contributed by atoms with Crippen molar-refractivity contribution in [2.45, 2.75) is 59.3 Å². The number of hydrogen-bond acceptors (Lipinski definition) is 1. The monoisotopic (exact) mass is 212 g/mol. The molecule has 0 aromatic heterocycles. The van der Waals surface area contributed by atoms with Crippen LogP contribution in [0.2, 0.25) is 0 Å². The normalized spacial score (nSPS) is 23.7. The van der Waals surface area contributed by atoms with Crippen LogP contribution in [0.4, 0.5) is 0 Å². The summed E-state index contributed by atoms with van der Waals surface area (Å²) in [5.41, 5.74) is 0.436. The Morgan fingerprint density at radius 3 is 2.33 bits per heavy atom. The molecule has 0 aromatic rings. The Bertz CT molecular complexity index is 211. The van der Waals surface area contributed by atoms with Gasteiger partial charge in [-0.1, -0.05) is 27.2 Å². The van der Waals surface area contributed by atoms with Crippen LogP contribution in [0.1, 0.15) is 59.3 Å². The van der Waals surface area contributed by atoms with Gasteiger partial charge in [-0.25, -0.2) is 0 Å². The van der Waals surface area contributed by atoms with Gasteiger partial charge in [0, 0.05) is 0 Å². The standard InChI is InChI=1S/C13H24O2/c1-4-5-11(12(14)15)10-6-8-13(2,3)9-7-10/h10-11H,4-9H2,1-3H3,(H,14,15). The van der Waals surface area contributed by atoms with Crippen LogP contribution in [-0.2, 0) is 4.79 Å². The molecule has 0 bridgehead atoms. The third-order valence-corrected chi connectivity index (χ3v) is 3.87. The minimum absolute atomic E-state index is 0.0916. The largest absolute Gasteiger partial charge is 0.481 e. The van der Waals surface area contributed by atoms with Crippen LogP contribution in [0.15, 0.2) is 0 Å². The fourth-order valence-corrected chi connectivity index (χ4v) is 2.70. The zero-order valence-electron chi connectivity index (χ0n) is 10.3. The summed E-state index contributed by atoms with van der Waals surface area (Å²) >= 11 is 0. The van der Waals surface area contributed by atoms with Crippen molar-refractivity contribution in [1.82, 2.24) is 0 Å². The molecule has 1 N–H and O–H groups in total. The van der Waals surface area contributed by atoms with Crippen LogP contribution in [0.5, 0.6) is 0 Å². The van der Waals surface area contributed by atoms with Gasteiger partial charge in [-0.15, -0.1) is 0 Å². The molecular formula is C13H24O2. The summed E-state index contributed by atoms with van der Waals surface area (Å²) < 4.78 is 0. The quantitative estimate of drug-likeness (QED) is 0.771. The highest BCUT2D eigenvalue weighted by Gasteiger charge is 2.33. The van der Waals surface area contributed by atoms with E-state index in [0.717, 1.165) is 25.7 Å². The lowest BCUT2D eigenvalue weighted by Crippen LogP contribution is -2.30. The van der Waals surface area contributed by atoms with Crippen LogP contribution >= 0.6 is 0 Å². The molecule has 1 saturated carbocycles. The van der Waals surface area contributed by atoms with Crippen LogP contribution in [0.3, 0.4) is 0 Å². The van der Waals surface area contributed by atoms with Crippen LogP contribution < -0.4 is 0 Å². The summed E-state index contributed by atoms with van der Waals surface area (Å²) in [6.45, 7) is 6.65. The van der Waals surface area contributed by atoms with E-state index in [1.165, 1.54) is 12.8 Å². The average Bonchev–Trinajstić information content (AvgIpc) is 2.14. The number of carbonyl (C=O) groups is 1. The van der Waals surface area contributed by atoms with Gasteiger partial charge in [0.15, 0.2) is 0 Å². The Kier molecular flexibility index (Phi) is 4.18. The van der Waals surface area contributed by atoms with Crippen LogP contribution in [0.25, 0.3) is 0 Å². The maximum absolute atomic E-state index is 11.2. The van der Waals surface area contributed by atoms with Crippen molar-refractivity contribution >= 4 is 5.97 Å². The van der Waals surface area contributed by atoms with Crippen LogP contribution in [-0.4, -0.2) is 11.1 Å². The van der Waals surface area contributed by atoms with Gasteiger partial charge in [0.05, 0.1) is 5.92 Å². The summed E-state index contributed by atoms with van der Waals surface area (Å²) in [4.78, 5) is 11.2. The molecule has 0 radical (unpaired) electrons. The molecule has 15 heavy (non-hydrogen) atoms. The Hall–Kier alpha value is -0.530. The Morgan fingerprint density at radius 1 is 1.40 bits per heavy atom. The Morgan fingerprint density at radius 2 is 1.93 bits per heavy atom. The Balaban J connectivity index is 2.52. The molecule has 1 fully saturated rings. The lowest BCUT2D eigenvalue weighted by molar-refractivity contribution is -0.144. The fourth-order valence-electron chi connectivity index (χ4n) is 2.70. The molecule has 0 saturated heterocycles. The van der Waals surface area contributed by atoms with Crippen molar-refractivity contribution in [3.8, 4) is 0 Å². The highest BCUT2D eigenvalue weighted by atomic mass is 16.4. The number of hydrogen-bond donors (Lipinski definition) is 1. The predicted octanol–water partition coefficient (Wildman–Crippen LogP) is 3.70. The molecule has 0 spiro atoms. The summed E-state index contributed by atoms with van der Waals surface area (Å²) in [6, 6.07) is 0. The van der Waals surface area contributed by atoms with Gasteiger partial charge in [-0.2, -0.15) is 0 Å². The lowest BCUT2D eigenvalue weighted by atomic mass is 9.69. The van der Waals surface area contributed by atoms with Gasteiger partial charge in [-0.05, 0) is 43.4 Å². The van der Waals surface area contributed by atoms with Crippen molar-refractivity contribution in [3.05, 3.63) is 0 Å². The third-order valence-electron chi connectivity index (χ3n) is 3.87. The molecule has 1 rings (SSSR count). The number of carboxylic acids is 1. The molecule has 1 atom stereocenters. The van der Waals surface area contributed by atoms with E-state index in [9.17, 15) is 9.90 Å². The number of aliphatic carboxylic acids is 1. The van der Waals surface area contributed by atoms with Gasteiger partial charge in [0.1, 0.15) is 0 Å². The van der Waals surface area contributed by atoms with Gasteiger partial charge < -0.3 is 5.11 Å². The van der Waals surface area contributed by atoms with E-state index in [4.69, 9.17) is 0 Å². The van der Waals surface area contributed by atoms with E-state index < -0.39 is 5.97 Å². The van der Waals surface area contributed by atoms with Crippen molar-refractivity contribution in [3.63, 3.8) is 0 Å². The molecule has 0 amide bonds. The van der Waals surface area contributed by atoms with E-state index in [1.54, 1.807) is 0 Å². The van der Waals surface area contributed by atoms with Crippen molar-refractivity contribution in [1.29, 1.82) is 0 Å². The molecule has 1 aliphatic rings. The highest BCUT2D eigenvalue weighted by molar-refractivity contribution is 5.70. The van der Waals surface area contributed by atoms with Crippen LogP contribution in [0, 0.1) is 17.3 Å². The zero-order valence-corrected chi connectivity index (χ0v) is 10.3. The minimum atomic E-state index is -0.582. The first-order chi connectivity index (χ1) is 6.96. The van der Waals surface area contributed by atoms with Gasteiger partial charge in [-0.3, -0.25) is 4.79 Å². The highest BCUT2D eigenvalue weighted by Crippen LogP contribution is 2.41. The molecule has 1 aliphatic carbocycles. The first kappa shape index (κ1) is 12.5. The molecule has 2 heteroatoms. The molecular weight excluding hydrogens is 188 g/mol. The first-order valence-electron chi connectivity index (χ1n) is 6.19. The molecule has 0 aliphatic heterocycles. The molecule has 1 unspecified atom stereocenters. The molecule has 0 heterocycles. The van der Waals surface area contributed by atoms with E-state index in [-0.39, 0.29) is 5.92 Å². The predicted molar refractivity (Wildman–Crippen MR) is 61.8 cm³/mol. The van der Waals surface area contributed by atoms with E-state index >= 15 is 0 Å². The lowest BCUT2D eigenvalue weighted by Gasteiger charge is -2.36. The maximum atomic E-state index is 11.2. The molecule has 0 aromatic carbocycles. The average molecular weight is 212 g/mol. The van der Waals surface area contributed by atoms with Crippen molar-refractivity contribution < 1.29 is 9.90 Å². The first-order valence-corrected chi connectivity index (χ1v) is 6.19. The smallest absolute Gasteiger partial charge is 0.306 e. The molecule has 88 valence electrons. The fraction of sp³-hybridized carbons (Fsp3) is 0.923. The summed E-state index contributed by atoms with van der Waals surface area (Å²) in [5, 5.41) is 9.19. The minimum Gasteiger partial charge on any atom is -0.481 e. The zero-order chi connectivity index (χ0) is 11.5. The number of rotatable bonds is 4. The van der Waals surface area contributed by atoms with Gasteiger partial charge >= 0.3 is 5.97 Å². The van der Waals surface area contributed by atoms with Gasteiger partial charge in [0.25, 0.3) is 0 Å². The van der Waals surface area contributed by atoms with Gasteiger partial charge in [0.2, 0.25) is 0 Å². The van der Waals surface area contributed by atoms with E-state index in [2.05, 4.69) is 20.8 Å². The van der Waals surface area contributed by atoms with E-state index in [0.29, 0.717) is 11.3 Å². The topological polar surface area (TPSA) is 37.3 Å².